The quantitative estimate of drug-likeness (QED) is 0.807. The second kappa shape index (κ2) is 5.75. The highest BCUT2D eigenvalue weighted by Gasteiger charge is 2.38. The number of carbonyl (C=O) groups is 1. The molecule has 0 spiro atoms. The van der Waals surface area contributed by atoms with Gasteiger partial charge in [-0.15, -0.1) is 0 Å². The Kier molecular flexibility index (Phi) is 4.23. The Labute approximate surface area is 115 Å². The highest BCUT2D eigenvalue weighted by atomic mass is 19.1. The van der Waals surface area contributed by atoms with Crippen molar-refractivity contribution in [2.24, 2.45) is 0 Å². The molecule has 1 fully saturated rings. The Morgan fingerprint density at radius 3 is 2.50 bits per heavy atom. The van der Waals surface area contributed by atoms with E-state index < -0.39 is 23.1 Å². The number of carboxylic acid groups (broad SMARTS) is 1. The van der Waals surface area contributed by atoms with Gasteiger partial charge < -0.3 is 9.84 Å². The standard InChI is InChI=1S/C14H17F2NO3/c1-14(13(18)19,17-11-2-3-11)4-5-20-12-7-9(15)6-10(16)8-12/h6-8,11,17H,2-5H2,1H3,(H,18,19). The van der Waals surface area contributed by atoms with E-state index in [-0.39, 0.29) is 24.8 Å². The summed E-state index contributed by atoms with van der Waals surface area (Å²) in [7, 11) is 0. The summed E-state index contributed by atoms with van der Waals surface area (Å²) in [6.07, 6.45) is 2.15. The average molecular weight is 285 g/mol. The van der Waals surface area contributed by atoms with Crippen LogP contribution < -0.4 is 10.1 Å². The van der Waals surface area contributed by atoms with Crippen LogP contribution >= 0.6 is 0 Å². The largest absolute Gasteiger partial charge is 0.493 e. The Hall–Kier alpha value is -1.69. The molecule has 1 aromatic carbocycles. The van der Waals surface area contributed by atoms with E-state index in [0.717, 1.165) is 31.0 Å². The van der Waals surface area contributed by atoms with Gasteiger partial charge in [0.2, 0.25) is 0 Å². The van der Waals surface area contributed by atoms with Gasteiger partial charge in [-0.1, -0.05) is 0 Å². The van der Waals surface area contributed by atoms with E-state index in [2.05, 4.69) is 5.32 Å². The van der Waals surface area contributed by atoms with Gasteiger partial charge in [-0.25, -0.2) is 8.78 Å². The predicted octanol–water partition coefficient (Wildman–Crippen LogP) is 2.33. The van der Waals surface area contributed by atoms with Crippen LogP contribution in [0.4, 0.5) is 8.78 Å². The number of nitrogens with one attached hydrogen (secondary N) is 1. The molecule has 0 heterocycles. The molecule has 1 unspecified atom stereocenters. The number of hydrogen-bond donors (Lipinski definition) is 2. The van der Waals surface area contributed by atoms with Gasteiger partial charge in [-0.05, 0) is 19.8 Å². The molecular weight excluding hydrogens is 268 g/mol. The van der Waals surface area contributed by atoms with Crippen LogP contribution in [0.1, 0.15) is 26.2 Å². The van der Waals surface area contributed by atoms with Crippen molar-refractivity contribution in [3.05, 3.63) is 29.8 Å². The molecule has 2 N–H and O–H groups in total. The van der Waals surface area contributed by atoms with E-state index in [1.807, 2.05) is 0 Å². The highest BCUT2D eigenvalue weighted by Crippen LogP contribution is 2.24. The highest BCUT2D eigenvalue weighted by molar-refractivity contribution is 5.78. The summed E-state index contributed by atoms with van der Waals surface area (Å²) in [5.41, 5.74) is -1.09. The molecule has 0 bridgehead atoms. The number of hydrogen-bond acceptors (Lipinski definition) is 3. The van der Waals surface area contributed by atoms with E-state index >= 15 is 0 Å². The summed E-state index contributed by atoms with van der Waals surface area (Å²) >= 11 is 0. The molecule has 1 atom stereocenters. The summed E-state index contributed by atoms with van der Waals surface area (Å²) in [6, 6.07) is 3.12. The third-order valence-electron chi connectivity index (χ3n) is 3.28. The lowest BCUT2D eigenvalue weighted by atomic mass is 9.98. The Bertz CT molecular complexity index is 485. The van der Waals surface area contributed by atoms with Gasteiger partial charge in [0.15, 0.2) is 0 Å². The minimum Gasteiger partial charge on any atom is -0.493 e. The molecule has 6 heteroatoms. The summed E-state index contributed by atoms with van der Waals surface area (Å²) in [5, 5.41) is 12.3. The molecule has 1 aliphatic rings. The van der Waals surface area contributed by atoms with E-state index in [0.29, 0.717) is 0 Å². The molecule has 2 rings (SSSR count). The van der Waals surface area contributed by atoms with Gasteiger partial charge in [0.1, 0.15) is 22.9 Å². The third kappa shape index (κ3) is 3.90. The smallest absolute Gasteiger partial charge is 0.323 e. The molecule has 1 saturated carbocycles. The topological polar surface area (TPSA) is 58.6 Å². The van der Waals surface area contributed by atoms with Crippen molar-refractivity contribution in [2.45, 2.75) is 37.8 Å². The van der Waals surface area contributed by atoms with Gasteiger partial charge >= 0.3 is 5.97 Å². The summed E-state index contributed by atoms with van der Waals surface area (Å²) in [6.45, 7) is 1.65. The van der Waals surface area contributed by atoms with Crippen molar-refractivity contribution in [1.82, 2.24) is 5.32 Å². The number of carboxylic acids is 1. The number of rotatable bonds is 7. The first-order valence-electron chi connectivity index (χ1n) is 6.49. The van der Waals surface area contributed by atoms with Crippen LogP contribution in [0.5, 0.6) is 5.75 Å². The molecule has 0 aliphatic heterocycles. The fourth-order valence-electron chi connectivity index (χ4n) is 1.90. The third-order valence-corrected chi connectivity index (χ3v) is 3.28. The maximum absolute atomic E-state index is 13.0. The minimum atomic E-state index is -1.09. The number of benzene rings is 1. The molecule has 4 nitrogen and oxygen atoms in total. The van der Waals surface area contributed by atoms with Gasteiger partial charge in [-0.3, -0.25) is 10.1 Å². The Morgan fingerprint density at radius 2 is 2.00 bits per heavy atom. The van der Waals surface area contributed by atoms with Crippen molar-refractivity contribution >= 4 is 5.97 Å². The first-order chi connectivity index (χ1) is 9.39. The molecule has 0 amide bonds. The number of ether oxygens (including phenoxy) is 1. The van der Waals surface area contributed by atoms with Crippen LogP contribution in [0.15, 0.2) is 18.2 Å². The molecule has 0 aromatic heterocycles. The lowest BCUT2D eigenvalue weighted by molar-refractivity contribution is -0.144. The molecule has 1 aliphatic carbocycles. The zero-order valence-corrected chi connectivity index (χ0v) is 11.2. The molecule has 1 aromatic rings. The van der Waals surface area contributed by atoms with E-state index in [1.54, 1.807) is 6.92 Å². The van der Waals surface area contributed by atoms with Crippen LogP contribution in [0, 0.1) is 11.6 Å². The zero-order valence-electron chi connectivity index (χ0n) is 11.2. The van der Waals surface area contributed by atoms with Crippen LogP contribution in [0.25, 0.3) is 0 Å². The first-order valence-corrected chi connectivity index (χ1v) is 6.49. The fourth-order valence-corrected chi connectivity index (χ4v) is 1.90. The molecule has 0 saturated heterocycles. The Balaban J connectivity index is 1.90. The van der Waals surface area contributed by atoms with Crippen LogP contribution in [0.3, 0.4) is 0 Å². The van der Waals surface area contributed by atoms with E-state index in [9.17, 15) is 18.7 Å². The maximum atomic E-state index is 13.0. The average Bonchev–Trinajstić information content (AvgIpc) is 3.11. The Morgan fingerprint density at radius 1 is 1.40 bits per heavy atom. The fraction of sp³-hybridized carbons (Fsp3) is 0.500. The summed E-state index contributed by atoms with van der Waals surface area (Å²) in [5.74, 6) is -2.35. The van der Waals surface area contributed by atoms with Crippen LogP contribution in [-0.4, -0.2) is 29.3 Å². The zero-order chi connectivity index (χ0) is 14.8. The number of halogens is 2. The normalized spacial score (nSPS) is 17.6. The maximum Gasteiger partial charge on any atom is 0.323 e. The van der Waals surface area contributed by atoms with E-state index in [1.165, 1.54) is 0 Å². The lowest BCUT2D eigenvalue weighted by Crippen LogP contribution is -2.51. The van der Waals surface area contributed by atoms with Crippen LogP contribution in [-0.2, 0) is 4.79 Å². The van der Waals surface area contributed by atoms with Crippen molar-refractivity contribution in [3.63, 3.8) is 0 Å². The van der Waals surface area contributed by atoms with Crippen LogP contribution in [0.2, 0.25) is 0 Å². The van der Waals surface area contributed by atoms with Crippen molar-refractivity contribution in [3.8, 4) is 5.75 Å². The second-order valence-corrected chi connectivity index (χ2v) is 5.26. The minimum absolute atomic E-state index is 0.0571. The lowest BCUT2D eigenvalue weighted by Gasteiger charge is -2.26. The first kappa shape index (κ1) is 14.7. The van der Waals surface area contributed by atoms with Gasteiger partial charge in [-0.2, -0.15) is 0 Å². The monoisotopic (exact) mass is 285 g/mol. The van der Waals surface area contributed by atoms with Crippen molar-refractivity contribution < 1.29 is 23.4 Å². The SMILES string of the molecule is CC(CCOc1cc(F)cc(F)c1)(NC1CC1)C(=O)O. The summed E-state index contributed by atoms with van der Waals surface area (Å²) < 4.78 is 31.2. The van der Waals surface area contributed by atoms with Gasteiger partial charge in [0, 0.05) is 30.7 Å². The molecule has 110 valence electrons. The molecular formula is C14H17F2NO3. The van der Waals surface area contributed by atoms with Gasteiger partial charge in [0.05, 0.1) is 6.61 Å². The van der Waals surface area contributed by atoms with E-state index in [4.69, 9.17) is 4.74 Å². The summed E-state index contributed by atoms with van der Waals surface area (Å²) in [4.78, 5) is 11.3. The van der Waals surface area contributed by atoms with Crippen molar-refractivity contribution in [2.75, 3.05) is 6.61 Å². The molecule has 0 radical (unpaired) electrons. The number of aliphatic carboxylic acids is 1. The second-order valence-electron chi connectivity index (χ2n) is 5.26. The van der Waals surface area contributed by atoms with Crippen molar-refractivity contribution in [1.29, 1.82) is 0 Å². The van der Waals surface area contributed by atoms with Gasteiger partial charge in [0.25, 0.3) is 0 Å². The predicted molar refractivity (Wildman–Crippen MR) is 68.7 cm³/mol. The molecule has 20 heavy (non-hydrogen) atoms.